The smallest absolute Gasteiger partial charge is 0.301 e. The van der Waals surface area contributed by atoms with Gasteiger partial charge in [0.05, 0.1) is 26.9 Å². The zero-order valence-electron chi connectivity index (χ0n) is 17.4. The van der Waals surface area contributed by atoms with Gasteiger partial charge in [0.2, 0.25) is 0 Å². The van der Waals surface area contributed by atoms with Crippen molar-refractivity contribution >= 4 is 55.7 Å². The van der Waals surface area contributed by atoms with E-state index < -0.39 is 23.5 Å². The Hall–Kier alpha value is -3.49. The molecular weight excluding hydrogens is 467 g/mol. The first-order chi connectivity index (χ1) is 15.8. The number of aromatic nitrogens is 1. The number of aryl methyl sites for hydroxylation is 2. The van der Waals surface area contributed by atoms with Gasteiger partial charge in [-0.25, -0.2) is 9.37 Å². The van der Waals surface area contributed by atoms with E-state index >= 15 is 0 Å². The van der Waals surface area contributed by atoms with Crippen LogP contribution in [-0.4, -0.2) is 21.8 Å². The number of nitrogens with zero attached hydrogens (tertiary/aromatic N) is 2. The highest BCUT2D eigenvalue weighted by Gasteiger charge is 2.48. The predicted octanol–water partition coefficient (Wildman–Crippen LogP) is 5.92. The van der Waals surface area contributed by atoms with Crippen LogP contribution in [0.1, 0.15) is 28.7 Å². The van der Waals surface area contributed by atoms with E-state index in [0.29, 0.717) is 33.2 Å². The third kappa shape index (κ3) is 3.42. The van der Waals surface area contributed by atoms with Gasteiger partial charge in [0.15, 0.2) is 5.13 Å². The summed E-state index contributed by atoms with van der Waals surface area (Å²) in [7, 11) is 0. The van der Waals surface area contributed by atoms with E-state index in [4.69, 9.17) is 16.0 Å². The molecule has 33 heavy (non-hydrogen) atoms. The molecule has 1 saturated heterocycles. The Balaban J connectivity index is 1.76. The van der Waals surface area contributed by atoms with E-state index in [-0.39, 0.29) is 16.5 Å². The molecule has 0 spiro atoms. The molecule has 0 saturated carbocycles. The van der Waals surface area contributed by atoms with E-state index in [1.807, 2.05) is 6.07 Å². The maximum Gasteiger partial charge on any atom is 0.301 e. The van der Waals surface area contributed by atoms with Crippen LogP contribution >= 0.6 is 22.9 Å². The third-order valence-corrected chi connectivity index (χ3v) is 6.82. The van der Waals surface area contributed by atoms with Crippen LogP contribution in [0.25, 0.3) is 16.0 Å². The number of halogens is 2. The molecule has 2 aromatic heterocycles. The maximum absolute atomic E-state index is 13.7. The van der Waals surface area contributed by atoms with Gasteiger partial charge < -0.3 is 9.52 Å². The highest BCUT2D eigenvalue weighted by Crippen LogP contribution is 2.45. The molecule has 1 unspecified atom stereocenters. The molecule has 2 aromatic carbocycles. The van der Waals surface area contributed by atoms with Crippen molar-refractivity contribution in [1.82, 2.24) is 4.98 Å². The predicted molar refractivity (Wildman–Crippen MR) is 124 cm³/mol. The minimum atomic E-state index is -1.01. The number of amides is 1. The number of hydrogen-bond acceptors (Lipinski definition) is 6. The number of carbonyl (C=O) groups excluding carboxylic acids is 2. The van der Waals surface area contributed by atoms with Gasteiger partial charge in [0.1, 0.15) is 28.6 Å². The summed E-state index contributed by atoms with van der Waals surface area (Å²) < 4.78 is 19.9. The van der Waals surface area contributed by atoms with Gasteiger partial charge in [-0.2, -0.15) is 0 Å². The van der Waals surface area contributed by atoms with Crippen LogP contribution in [0.5, 0.6) is 0 Å². The van der Waals surface area contributed by atoms with E-state index in [2.05, 4.69) is 4.98 Å². The largest absolute Gasteiger partial charge is 0.507 e. The zero-order chi connectivity index (χ0) is 23.4. The molecule has 0 radical (unpaired) electrons. The molecule has 0 bridgehead atoms. The summed E-state index contributed by atoms with van der Waals surface area (Å²) in [5.41, 5.74) is 1.13. The van der Waals surface area contributed by atoms with Crippen molar-refractivity contribution in [2.24, 2.45) is 0 Å². The molecule has 4 aromatic rings. The van der Waals surface area contributed by atoms with Crippen LogP contribution in [0.3, 0.4) is 0 Å². The number of fused-ring (bicyclic) bond motifs is 1. The van der Waals surface area contributed by atoms with E-state index in [1.165, 1.54) is 40.5 Å². The number of anilines is 1. The van der Waals surface area contributed by atoms with Gasteiger partial charge in [-0.05, 0) is 49.7 Å². The molecule has 5 rings (SSSR count). The summed E-state index contributed by atoms with van der Waals surface area (Å²) in [4.78, 5) is 32.1. The summed E-state index contributed by atoms with van der Waals surface area (Å²) in [6.07, 6.45) is 0. The number of carbonyl (C=O) groups is 2. The van der Waals surface area contributed by atoms with Crippen molar-refractivity contribution in [2.45, 2.75) is 19.9 Å². The Kier molecular flexibility index (Phi) is 5.07. The fourth-order valence-electron chi connectivity index (χ4n) is 4.01. The highest BCUT2D eigenvalue weighted by molar-refractivity contribution is 7.22. The summed E-state index contributed by atoms with van der Waals surface area (Å²) in [5.74, 6) is -1.60. The van der Waals surface area contributed by atoms with Crippen LogP contribution in [0.2, 0.25) is 5.02 Å². The highest BCUT2D eigenvalue weighted by atomic mass is 35.5. The van der Waals surface area contributed by atoms with Crippen LogP contribution in [-0.2, 0) is 9.59 Å². The molecule has 166 valence electrons. The Bertz CT molecular complexity index is 1470. The SMILES string of the molecule is Cc1cc(/C(O)=C2\C(=O)C(=O)N(c3nc4c(Cl)cccc4s3)C2c2ccc(F)cc2)c(C)o1. The van der Waals surface area contributed by atoms with Crippen molar-refractivity contribution in [3.8, 4) is 0 Å². The fourth-order valence-corrected chi connectivity index (χ4v) is 5.30. The Morgan fingerprint density at radius 1 is 1.18 bits per heavy atom. The summed E-state index contributed by atoms with van der Waals surface area (Å²) >= 11 is 7.46. The van der Waals surface area contributed by atoms with Gasteiger partial charge in [0.25, 0.3) is 5.78 Å². The monoisotopic (exact) mass is 482 g/mol. The Morgan fingerprint density at radius 2 is 1.91 bits per heavy atom. The second-order valence-electron chi connectivity index (χ2n) is 7.63. The van der Waals surface area contributed by atoms with Crippen molar-refractivity contribution in [2.75, 3.05) is 4.90 Å². The van der Waals surface area contributed by atoms with E-state index in [0.717, 1.165) is 4.70 Å². The van der Waals surface area contributed by atoms with Crippen LogP contribution in [0.4, 0.5) is 9.52 Å². The number of hydrogen-bond donors (Lipinski definition) is 1. The second-order valence-corrected chi connectivity index (χ2v) is 9.05. The number of thiazole rings is 1. The van der Waals surface area contributed by atoms with Gasteiger partial charge in [0, 0.05) is 0 Å². The minimum absolute atomic E-state index is 0.124. The van der Waals surface area contributed by atoms with Crippen molar-refractivity contribution in [1.29, 1.82) is 0 Å². The molecule has 9 heteroatoms. The lowest BCUT2D eigenvalue weighted by atomic mass is 9.95. The summed E-state index contributed by atoms with van der Waals surface area (Å²) in [5, 5.41) is 11.8. The molecule has 3 heterocycles. The first-order valence-corrected chi connectivity index (χ1v) is 11.1. The molecule has 1 aliphatic rings. The van der Waals surface area contributed by atoms with E-state index in [1.54, 1.807) is 32.0 Å². The second kappa shape index (κ2) is 7.83. The first-order valence-electron chi connectivity index (χ1n) is 9.95. The maximum atomic E-state index is 13.7. The number of furan rings is 1. The van der Waals surface area contributed by atoms with Crippen molar-refractivity contribution in [3.63, 3.8) is 0 Å². The van der Waals surface area contributed by atoms with Gasteiger partial charge in [-0.3, -0.25) is 14.5 Å². The average molecular weight is 483 g/mol. The molecule has 1 atom stereocenters. The number of para-hydroxylation sites is 1. The number of benzene rings is 2. The lowest BCUT2D eigenvalue weighted by Crippen LogP contribution is -2.29. The van der Waals surface area contributed by atoms with Crippen LogP contribution in [0, 0.1) is 19.7 Å². The quantitative estimate of drug-likeness (QED) is 0.222. The topological polar surface area (TPSA) is 83.6 Å². The zero-order valence-corrected chi connectivity index (χ0v) is 19.0. The number of ketones is 1. The van der Waals surface area contributed by atoms with E-state index in [9.17, 15) is 19.1 Å². The molecule has 1 fully saturated rings. The molecule has 1 amide bonds. The van der Waals surface area contributed by atoms with Crippen molar-refractivity contribution < 1.29 is 23.5 Å². The number of aliphatic hydroxyl groups excluding tert-OH is 1. The molecule has 0 aliphatic carbocycles. The standard InChI is InChI=1S/C24H16ClFN2O4S/c1-11-10-15(12(2)32-11)21(29)18-20(13-6-8-14(26)9-7-13)28(23(31)22(18)30)24-27-19-16(25)4-3-5-17(19)33-24/h3-10,20,29H,1-2H3/b21-18+. The molecule has 6 nitrogen and oxygen atoms in total. The van der Waals surface area contributed by atoms with Crippen LogP contribution < -0.4 is 4.90 Å². The normalized spacial score (nSPS) is 17.9. The molecule has 1 aliphatic heterocycles. The first kappa shape index (κ1) is 21.4. The molecule has 1 N–H and O–H groups in total. The van der Waals surface area contributed by atoms with Crippen LogP contribution in [0.15, 0.2) is 58.5 Å². The Labute approximate surface area is 196 Å². The fraction of sp³-hybridized carbons (Fsp3) is 0.125. The van der Waals surface area contributed by atoms with Gasteiger partial charge in [-0.1, -0.05) is 41.1 Å². The van der Waals surface area contributed by atoms with Crippen molar-refractivity contribution in [3.05, 3.63) is 87.6 Å². The minimum Gasteiger partial charge on any atom is -0.507 e. The van der Waals surface area contributed by atoms with Gasteiger partial charge >= 0.3 is 5.91 Å². The summed E-state index contributed by atoms with van der Waals surface area (Å²) in [6.45, 7) is 3.37. The summed E-state index contributed by atoms with van der Waals surface area (Å²) in [6, 6.07) is 11.3. The Morgan fingerprint density at radius 3 is 2.55 bits per heavy atom. The molecular formula is C24H16ClFN2O4S. The number of rotatable bonds is 3. The average Bonchev–Trinajstić information content (AvgIpc) is 3.43. The lowest BCUT2D eigenvalue weighted by molar-refractivity contribution is -0.132. The van der Waals surface area contributed by atoms with Gasteiger partial charge in [-0.15, -0.1) is 0 Å². The lowest BCUT2D eigenvalue weighted by Gasteiger charge is -2.22. The number of aliphatic hydroxyl groups is 1. The third-order valence-electron chi connectivity index (χ3n) is 5.49. The number of Topliss-reactive ketones (excluding diaryl/α,β-unsaturated/α-hetero) is 1.